The van der Waals surface area contributed by atoms with Crippen molar-refractivity contribution in [2.24, 2.45) is 0 Å². The molecule has 0 fully saturated rings. The minimum Gasteiger partial charge on any atom is -0.348 e. The predicted octanol–water partition coefficient (Wildman–Crippen LogP) is 3.68. The fourth-order valence-electron chi connectivity index (χ4n) is 2.99. The predicted molar refractivity (Wildman–Crippen MR) is 111 cm³/mol. The summed E-state index contributed by atoms with van der Waals surface area (Å²) in [6.07, 6.45) is 3.20. The number of aromatic nitrogens is 5. The molecule has 3 heterocycles. The van der Waals surface area contributed by atoms with Crippen molar-refractivity contribution in [1.29, 1.82) is 0 Å². The third kappa shape index (κ3) is 3.98. The maximum atomic E-state index is 12.6. The number of rotatable bonds is 6. The third-order valence-electron chi connectivity index (χ3n) is 4.72. The molecule has 8 nitrogen and oxygen atoms in total. The van der Waals surface area contributed by atoms with Crippen molar-refractivity contribution in [2.45, 2.75) is 33.2 Å². The summed E-state index contributed by atoms with van der Waals surface area (Å²) in [5.41, 5.74) is 2.96. The number of nitrogens with zero attached hydrogens (tertiary/aromatic N) is 5. The zero-order chi connectivity index (χ0) is 21.1. The molecule has 0 aliphatic heterocycles. The summed E-state index contributed by atoms with van der Waals surface area (Å²) in [4.78, 5) is 21.4. The summed E-state index contributed by atoms with van der Waals surface area (Å²) < 4.78 is 6.99. The maximum absolute atomic E-state index is 12.6. The van der Waals surface area contributed by atoms with E-state index in [0.29, 0.717) is 35.3 Å². The number of carbonyl (C=O) groups is 1. The van der Waals surface area contributed by atoms with Crippen LogP contribution in [0.25, 0.3) is 17.3 Å². The van der Waals surface area contributed by atoms with Crippen molar-refractivity contribution in [3.05, 3.63) is 77.5 Å². The van der Waals surface area contributed by atoms with E-state index in [9.17, 15) is 4.79 Å². The molecule has 4 rings (SSSR count). The Kier molecular flexibility index (Phi) is 5.38. The monoisotopic (exact) mass is 402 g/mol. The minimum atomic E-state index is -0.183. The van der Waals surface area contributed by atoms with Gasteiger partial charge >= 0.3 is 0 Å². The Morgan fingerprint density at radius 1 is 1.20 bits per heavy atom. The first-order valence-electron chi connectivity index (χ1n) is 9.70. The molecule has 0 unspecified atom stereocenters. The quantitative estimate of drug-likeness (QED) is 0.528. The van der Waals surface area contributed by atoms with Gasteiger partial charge in [-0.25, -0.2) is 9.67 Å². The standard InChI is InChI=1S/C22H22N6O2/c1-14(2)20-26-22(30-27-20)17-9-10-23-19(11-17)28-15(3)18(13-25-28)21(29)24-12-16-7-5-4-6-8-16/h4-11,13-14H,12H2,1-3H3,(H,24,29). The summed E-state index contributed by atoms with van der Waals surface area (Å²) in [5, 5.41) is 11.3. The van der Waals surface area contributed by atoms with Gasteiger partial charge in [0, 0.05) is 24.2 Å². The molecule has 152 valence electrons. The van der Waals surface area contributed by atoms with Crippen LogP contribution in [0, 0.1) is 6.92 Å². The van der Waals surface area contributed by atoms with Gasteiger partial charge in [0.25, 0.3) is 11.8 Å². The number of hydrogen-bond donors (Lipinski definition) is 1. The molecule has 30 heavy (non-hydrogen) atoms. The lowest BCUT2D eigenvalue weighted by atomic mass is 10.2. The van der Waals surface area contributed by atoms with Gasteiger partial charge in [0.1, 0.15) is 0 Å². The molecule has 8 heteroatoms. The lowest BCUT2D eigenvalue weighted by molar-refractivity contribution is 0.0950. The Morgan fingerprint density at radius 2 is 2.00 bits per heavy atom. The molecule has 1 N–H and O–H groups in total. The van der Waals surface area contributed by atoms with E-state index in [1.165, 1.54) is 0 Å². The van der Waals surface area contributed by atoms with Gasteiger partial charge in [0.15, 0.2) is 11.6 Å². The summed E-state index contributed by atoms with van der Waals surface area (Å²) in [5.74, 6) is 1.63. The molecular weight excluding hydrogens is 380 g/mol. The minimum absolute atomic E-state index is 0.175. The lowest BCUT2D eigenvalue weighted by Gasteiger charge is -2.07. The van der Waals surface area contributed by atoms with Gasteiger partial charge < -0.3 is 9.84 Å². The van der Waals surface area contributed by atoms with Crippen LogP contribution in [0.15, 0.2) is 59.4 Å². The molecule has 0 bridgehead atoms. The van der Waals surface area contributed by atoms with Crippen molar-refractivity contribution < 1.29 is 9.32 Å². The van der Waals surface area contributed by atoms with Crippen molar-refractivity contribution in [1.82, 2.24) is 30.2 Å². The highest BCUT2D eigenvalue weighted by molar-refractivity contribution is 5.95. The van der Waals surface area contributed by atoms with Crippen LogP contribution in [-0.4, -0.2) is 30.8 Å². The van der Waals surface area contributed by atoms with Crippen LogP contribution in [0.5, 0.6) is 0 Å². The van der Waals surface area contributed by atoms with Gasteiger partial charge in [0.05, 0.1) is 17.5 Å². The van der Waals surface area contributed by atoms with Crippen LogP contribution in [-0.2, 0) is 6.54 Å². The van der Waals surface area contributed by atoms with Crippen LogP contribution >= 0.6 is 0 Å². The maximum Gasteiger partial charge on any atom is 0.258 e. The zero-order valence-corrected chi connectivity index (χ0v) is 17.0. The van der Waals surface area contributed by atoms with Crippen molar-refractivity contribution in [2.75, 3.05) is 0 Å². The van der Waals surface area contributed by atoms with Crippen molar-refractivity contribution >= 4 is 5.91 Å². The van der Waals surface area contributed by atoms with Gasteiger partial charge in [-0.2, -0.15) is 10.1 Å². The molecule has 1 aromatic carbocycles. The number of pyridine rings is 1. The second-order valence-electron chi connectivity index (χ2n) is 7.24. The molecule has 3 aromatic heterocycles. The van der Waals surface area contributed by atoms with Crippen LogP contribution in [0.1, 0.15) is 47.2 Å². The summed E-state index contributed by atoms with van der Waals surface area (Å²) in [7, 11) is 0. The normalized spacial score (nSPS) is 11.1. The number of benzene rings is 1. The number of amides is 1. The topological polar surface area (TPSA) is 98.7 Å². The number of nitrogens with one attached hydrogen (secondary N) is 1. The van der Waals surface area contributed by atoms with Crippen molar-refractivity contribution in [3.63, 3.8) is 0 Å². The first kappa shape index (κ1) is 19.5. The highest BCUT2D eigenvalue weighted by atomic mass is 16.5. The van der Waals surface area contributed by atoms with Crippen LogP contribution in [0.4, 0.5) is 0 Å². The van der Waals surface area contributed by atoms with E-state index in [-0.39, 0.29) is 11.8 Å². The second-order valence-corrected chi connectivity index (χ2v) is 7.24. The van der Waals surface area contributed by atoms with Crippen molar-refractivity contribution in [3.8, 4) is 17.3 Å². The molecule has 0 atom stereocenters. The molecule has 0 saturated heterocycles. The molecule has 0 aliphatic rings. The number of carbonyl (C=O) groups excluding carboxylic acids is 1. The fraction of sp³-hybridized carbons (Fsp3) is 0.227. The van der Waals surface area contributed by atoms with E-state index in [4.69, 9.17) is 4.52 Å². The summed E-state index contributed by atoms with van der Waals surface area (Å²) >= 11 is 0. The van der Waals surface area contributed by atoms with Gasteiger partial charge in [-0.05, 0) is 24.6 Å². The Hall–Kier alpha value is -3.81. The molecule has 0 saturated carbocycles. The van der Waals surface area contributed by atoms with E-state index in [2.05, 4.69) is 25.5 Å². The molecule has 0 aliphatic carbocycles. The molecule has 1 amide bonds. The summed E-state index contributed by atoms with van der Waals surface area (Å²) in [6, 6.07) is 13.4. The van der Waals surface area contributed by atoms with E-state index < -0.39 is 0 Å². The Morgan fingerprint density at radius 3 is 2.73 bits per heavy atom. The fourth-order valence-corrected chi connectivity index (χ4v) is 2.99. The molecule has 0 radical (unpaired) electrons. The SMILES string of the molecule is Cc1c(C(=O)NCc2ccccc2)cnn1-c1cc(-c2nc(C(C)C)no2)ccn1. The van der Waals surface area contributed by atoms with Gasteiger partial charge in [0.2, 0.25) is 0 Å². The van der Waals surface area contributed by atoms with Crippen LogP contribution < -0.4 is 5.32 Å². The van der Waals surface area contributed by atoms with E-state index in [0.717, 1.165) is 11.1 Å². The van der Waals surface area contributed by atoms with Gasteiger partial charge in [-0.15, -0.1) is 0 Å². The van der Waals surface area contributed by atoms with Gasteiger partial charge in [-0.1, -0.05) is 49.3 Å². The Bertz CT molecular complexity index is 1160. The average molecular weight is 402 g/mol. The zero-order valence-electron chi connectivity index (χ0n) is 17.0. The van der Waals surface area contributed by atoms with Gasteiger partial charge in [-0.3, -0.25) is 4.79 Å². The average Bonchev–Trinajstić information content (AvgIpc) is 3.40. The highest BCUT2D eigenvalue weighted by Crippen LogP contribution is 2.22. The Balaban J connectivity index is 1.55. The largest absolute Gasteiger partial charge is 0.348 e. The first-order chi connectivity index (χ1) is 14.5. The smallest absolute Gasteiger partial charge is 0.258 e. The highest BCUT2D eigenvalue weighted by Gasteiger charge is 2.17. The van der Waals surface area contributed by atoms with E-state index >= 15 is 0 Å². The Labute approximate surface area is 174 Å². The molecule has 4 aromatic rings. The molecule has 0 spiro atoms. The van der Waals surface area contributed by atoms with E-state index in [1.807, 2.05) is 57.2 Å². The first-order valence-corrected chi connectivity index (χ1v) is 9.70. The van der Waals surface area contributed by atoms with Crippen LogP contribution in [0.3, 0.4) is 0 Å². The van der Waals surface area contributed by atoms with E-state index in [1.54, 1.807) is 23.1 Å². The lowest BCUT2D eigenvalue weighted by Crippen LogP contribution is -2.23. The second kappa shape index (κ2) is 8.28. The number of hydrogen-bond acceptors (Lipinski definition) is 6. The third-order valence-corrected chi connectivity index (χ3v) is 4.72. The summed E-state index contributed by atoms with van der Waals surface area (Å²) in [6.45, 7) is 6.30. The molecular formula is C22H22N6O2. The van der Waals surface area contributed by atoms with Crippen LogP contribution in [0.2, 0.25) is 0 Å².